The van der Waals surface area contributed by atoms with Crippen LogP contribution in [0.15, 0.2) is 97.1 Å². The lowest BCUT2D eigenvalue weighted by atomic mass is 9.67. The van der Waals surface area contributed by atoms with Crippen molar-refractivity contribution in [1.29, 1.82) is 5.26 Å². The number of benzene rings is 4. The van der Waals surface area contributed by atoms with Crippen molar-refractivity contribution in [3.63, 3.8) is 0 Å². The standard InChI is InChI=1S/C33H25N3/c1-21-22(2)35-32(36-23(21)3)25-15-17-29-28-16-14-24(20-34)18-30(28)33(31(29)19-25,26-10-6-4-7-11-26)27-12-8-5-9-13-27/h4-19H,1-3H3. The minimum absolute atomic E-state index is 0.565. The van der Waals surface area contributed by atoms with Crippen molar-refractivity contribution in [2.24, 2.45) is 0 Å². The van der Waals surface area contributed by atoms with Crippen LogP contribution in [-0.2, 0) is 5.41 Å². The molecule has 5 aromatic rings. The SMILES string of the molecule is Cc1nc(-c2ccc3c(c2)C(c2ccccc2)(c2ccccc2)c2cc(C#N)ccc2-3)nc(C)c1C. The van der Waals surface area contributed by atoms with Crippen LogP contribution in [-0.4, -0.2) is 9.97 Å². The van der Waals surface area contributed by atoms with E-state index in [0.717, 1.165) is 39.5 Å². The van der Waals surface area contributed by atoms with E-state index < -0.39 is 5.41 Å². The van der Waals surface area contributed by atoms with Gasteiger partial charge in [0.15, 0.2) is 5.82 Å². The van der Waals surface area contributed by atoms with Gasteiger partial charge in [-0.15, -0.1) is 0 Å². The quantitative estimate of drug-likeness (QED) is 0.277. The molecular weight excluding hydrogens is 438 g/mol. The van der Waals surface area contributed by atoms with Gasteiger partial charge in [0.1, 0.15) is 0 Å². The van der Waals surface area contributed by atoms with Crippen LogP contribution in [0, 0.1) is 32.1 Å². The van der Waals surface area contributed by atoms with Crippen LogP contribution in [0.2, 0.25) is 0 Å². The van der Waals surface area contributed by atoms with Gasteiger partial charge < -0.3 is 0 Å². The first kappa shape index (κ1) is 21.9. The lowest BCUT2D eigenvalue weighted by molar-refractivity contribution is 0.768. The summed E-state index contributed by atoms with van der Waals surface area (Å²) in [6.45, 7) is 6.15. The second kappa shape index (κ2) is 8.29. The Morgan fingerprint density at radius 2 is 1.17 bits per heavy atom. The zero-order valence-electron chi connectivity index (χ0n) is 20.6. The van der Waals surface area contributed by atoms with Crippen molar-refractivity contribution in [2.75, 3.05) is 0 Å². The van der Waals surface area contributed by atoms with E-state index in [-0.39, 0.29) is 0 Å². The monoisotopic (exact) mass is 463 g/mol. The normalized spacial score (nSPS) is 13.1. The predicted molar refractivity (Wildman–Crippen MR) is 144 cm³/mol. The molecule has 36 heavy (non-hydrogen) atoms. The average Bonchev–Trinajstić information content (AvgIpc) is 3.22. The van der Waals surface area contributed by atoms with Crippen LogP contribution >= 0.6 is 0 Å². The number of fused-ring (bicyclic) bond motifs is 3. The number of nitriles is 1. The van der Waals surface area contributed by atoms with Gasteiger partial charge in [-0.05, 0) is 77.9 Å². The Labute approximate surface area is 211 Å². The smallest absolute Gasteiger partial charge is 0.159 e. The van der Waals surface area contributed by atoms with Crippen molar-refractivity contribution in [1.82, 2.24) is 9.97 Å². The Morgan fingerprint density at radius 3 is 1.72 bits per heavy atom. The van der Waals surface area contributed by atoms with E-state index in [1.165, 1.54) is 22.3 Å². The van der Waals surface area contributed by atoms with Gasteiger partial charge in [0.05, 0.1) is 17.0 Å². The van der Waals surface area contributed by atoms with Gasteiger partial charge in [-0.3, -0.25) is 0 Å². The molecule has 0 atom stereocenters. The van der Waals surface area contributed by atoms with E-state index in [2.05, 4.69) is 91.9 Å². The van der Waals surface area contributed by atoms with E-state index in [4.69, 9.17) is 9.97 Å². The van der Waals surface area contributed by atoms with Crippen LogP contribution in [0.4, 0.5) is 0 Å². The molecule has 0 spiro atoms. The van der Waals surface area contributed by atoms with E-state index >= 15 is 0 Å². The molecule has 1 heterocycles. The third-order valence-electron chi connectivity index (χ3n) is 7.57. The van der Waals surface area contributed by atoms with Crippen LogP contribution in [0.3, 0.4) is 0 Å². The molecule has 1 aliphatic carbocycles. The highest BCUT2D eigenvalue weighted by Gasteiger charge is 2.46. The van der Waals surface area contributed by atoms with Crippen molar-refractivity contribution < 1.29 is 0 Å². The number of nitrogens with zero attached hydrogens (tertiary/aromatic N) is 3. The number of hydrogen-bond acceptors (Lipinski definition) is 3. The molecule has 1 aromatic heterocycles. The summed E-state index contributed by atoms with van der Waals surface area (Å²) in [7, 11) is 0. The first-order valence-electron chi connectivity index (χ1n) is 12.2. The Kier molecular flexibility index (Phi) is 5.05. The van der Waals surface area contributed by atoms with Crippen molar-refractivity contribution in [3.8, 4) is 28.6 Å². The zero-order chi connectivity index (χ0) is 24.9. The fraction of sp³-hybridized carbons (Fsp3) is 0.121. The van der Waals surface area contributed by atoms with Crippen molar-refractivity contribution in [3.05, 3.63) is 142 Å². The number of rotatable bonds is 3. The van der Waals surface area contributed by atoms with E-state index in [1.54, 1.807) is 0 Å². The maximum Gasteiger partial charge on any atom is 0.159 e. The maximum atomic E-state index is 9.80. The molecule has 0 aliphatic heterocycles. The fourth-order valence-electron chi connectivity index (χ4n) is 5.60. The van der Waals surface area contributed by atoms with E-state index in [9.17, 15) is 5.26 Å². The van der Waals surface area contributed by atoms with E-state index in [1.807, 2.05) is 32.0 Å². The minimum atomic E-state index is -0.565. The van der Waals surface area contributed by atoms with Gasteiger partial charge >= 0.3 is 0 Å². The summed E-state index contributed by atoms with van der Waals surface area (Å²) in [4.78, 5) is 9.69. The second-order valence-electron chi connectivity index (χ2n) is 9.46. The van der Waals surface area contributed by atoms with Crippen LogP contribution in [0.1, 0.15) is 44.8 Å². The molecule has 0 unspecified atom stereocenters. The molecule has 0 amide bonds. The summed E-state index contributed by atoms with van der Waals surface area (Å²) in [5, 5.41) is 9.80. The highest BCUT2D eigenvalue weighted by Crippen LogP contribution is 2.56. The molecule has 3 heteroatoms. The highest BCUT2D eigenvalue weighted by molar-refractivity contribution is 5.88. The first-order valence-corrected chi connectivity index (χ1v) is 12.2. The maximum absolute atomic E-state index is 9.80. The molecule has 0 saturated heterocycles. The molecule has 6 rings (SSSR count). The third kappa shape index (κ3) is 3.12. The average molecular weight is 464 g/mol. The number of aryl methyl sites for hydroxylation is 2. The summed E-state index contributed by atoms with van der Waals surface area (Å²) >= 11 is 0. The molecule has 3 nitrogen and oxygen atoms in total. The Balaban J connectivity index is 1.73. The zero-order valence-corrected chi connectivity index (χ0v) is 20.6. The third-order valence-corrected chi connectivity index (χ3v) is 7.57. The van der Waals surface area contributed by atoms with Gasteiger partial charge in [0, 0.05) is 17.0 Å². The lowest BCUT2D eigenvalue weighted by Crippen LogP contribution is -2.28. The van der Waals surface area contributed by atoms with Gasteiger partial charge in [-0.25, -0.2) is 9.97 Å². The lowest BCUT2D eigenvalue weighted by Gasteiger charge is -2.34. The minimum Gasteiger partial charge on any atom is -0.233 e. The van der Waals surface area contributed by atoms with Gasteiger partial charge in [-0.1, -0.05) is 78.9 Å². The van der Waals surface area contributed by atoms with Crippen molar-refractivity contribution >= 4 is 0 Å². The molecule has 1 aliphatic rings. The summed E-state index contributed by atoms with van der Waals surface area (Å²) in [6, 6.07) is 36.2. The summed E-state index contributed by atoms with van der Waals surface area (Å²) < 4.78 is 0. The Bertz CT molecular complexity index is 1600. The number of hydrogen-bond donors (Lipinski definition) is 0. The second-order valence-corrected chi connectivity index (χ2v) is 9.46. The highest BCUT2D eigenvalue weighted by atomic mass is 14.9. The van der Waals surface area contributed by atoms with Gasteiger partial charge in [0.2, 0.25) is 0 Å². The molecule has 0 fully saturated rings. The fourth-order valence-corrected chi connectivity index (χ4v) is 5.60. The molecule has 0 N–H and O–H groups in total. The summed E-state index contributed by atoms with van der Waals surface area (Å²) in [5.41, 5.74) is 11.2. The molecule has 172 valence electrons. The largest absolute Gasteiger partial charge is 0.233 e. The Morgan fingerprint density at radius 1 is 0.639 bits per heavy atom. The van der Waals surface area contributed by atoms with Gasteiger partial charge in [0.25, 0.3) is 0 Å². The van der Waals surface area contributed by atoms with Crippen LogP contribution in [0.5, 0.6) is 0 Å². The topological polar surface area (TPSA) is 49.6 Å². The Hall–Kier alpha value is -4.55. The van der Waals surface area contributed by atoms with Crippen LogP contribution < -0.4 is 0 Å². The summed E-state index contributed by atoms with van der Waals surface area (Å²) in [6.07, 6.45) is 0. The molecule has 0 bridgehead atoms. The van der Waals surface area contributed by atoms with Crippen LogP contribution in [0.25, 0.3) is 22.5 Å². The summed E-state index contributed by atoms with van der Waals surface area (Å²) in [5.74, 6) is 0.738. The number of aromatic nitrogens is 2. The van der Waals surface area contributed by atoms with E-state index in [0.29, 0.717) is 5.56 Å². The first-order chi connectivity index (χ1) is 17.5. The molecular formula is C33H25N3. The molecule has 4 aromatic carbocycles. The van der Waals surface area contributed by atoms with Crippen molar-refractivity contribution in [2.45, 2.75) is 26.2 Å². The molecule has 0 saturated carbocycles. The predicted octanol–water partition coefficient (Wildman–Crippen LogP) is 7.30. The van der Waals surface area contributed by atoms with Gasteiger partial charge in [-0.2, -0.15) is 5.26 Å². The molecule has 0 radical (unpaired) electrons.